The number of benzene rings is 2. The molecule has 0 aromatic heterocycles. The van der Waals surface area contributed by atoms with Gasteiger partial charge < -0.3 is 4.74 Å². The number of rotatable bonds is 3. The van der Waals surface area contributed by atoms with Crippen LogP contribution >= 0.6 is 31.9 Å². The van der Waals surface area contributed by atoms with Crippen molar-refractivity contribution < 1.29 is 9.13 Å². The fourth-order valence-electron chi connectivity index (χ4n) is 1.54. The summed E-state index contributed by atoms with van der Waals surface area (Å²) in [6, 6.07) is 10.6. The molecule has 0 saturated carbocycles. The first kappa shape index (κ1) is 13.6. The van der Waals surface area contributed by atoms with Gasteiger partial charge in [0.2, 0.25) is 0 Å². The van der Waals surface area contributed by atoms with E-state index in [2.05, 4.69) is 31.9 Å². The van der Waals surface area contributed by atoms with Crippen molar-refractivity contribution >= 4 is 31.9 Å². The highest BCUT2D eigenvalue weighted by Gasteiger charge is 2.06. The Morgan fingerprint density at radius 2 is 1.94 bits per heavy atom. The van der Waals surface area contributed by atoms with Crippen molar-refractivity contribution in [3.05, 3.63) is 57.8 Å². The Labute approximate surface area is 122 Å². The quantitative estimate of drug-likeness (QED) is 0.637. The molecule has 0 unspecified atom stereocenters. The van der Waals surface area contributed by atoms with Crippen LogP contribution in [0.1, 0.15) is 11.1 Å². The van der Waals surface area contributed by atoms with Crippen LogP contribution in [0.15, 0.2) is 40.9 Å². The average Bonchev–Trinajstić information content (AvgIpc) is 2.34. The molecule has 0 saturated heterocycles. The molecule has 0 N–H and O–H groups in total. The zero-order valence-corrected chi connectivity index (χ0v) is 12.9. The third-order valence-electron chi connectivity index (χ3n) is 2.53. The molecule has 0 amide bonds. The van der Waals surface area contributed by atoms with Gasteiger partial charge in [0.25, 0.3) is 0 Å². The first-order chi connectivity index (χ1) is 8.60. The van der Waals surface area contributed by atoms with Crippen LogP contribution in [0.2, 0.25) is 0 Å². The first-order valence-corrected chi connectivity index (χ1v) is 7.30. The zero-order valence-electron chi connectivity index (χ0n) is 9.71. The van der Waals surface area contributed by atoms with Gasteiger partial charge in [0.1, 0.15) is 17.3 Å². The van der Waals surface area contributed by atoms with E-state index in [4.69, 9.17) is 4.74 Å². The van der Waals surface area contributed by atoms with Crippen LogP contribution in [0.4, 0.5) is 4.39 Å². The molecule has 0 bridgehead atoms. The van der Waals surface area contributed by atoms with Crippen molar-refractivity contribution in [1.29, 1.82) is 0 Å². The van der Waals surface area contributed by atoms with Gasteiger partial charge in [0.05, 0.1) is 0 Å². The Balaban J connectivity index is 2.33. The Morgan fingerprint density at radius 1 is 1.17 bits per heavy atom. The van der Waals surface area contributed by atoms with Crippen molar-refractivity contribution in [2.75, 3.05) is 0 Å². The predicted molar refractivity (Wildman–Crippen MR) is 78.0 cm³/mol. The van der Waals surface area contributed by atoms with Crippen LogP contribution in [-0.4, -0.2) is 0 Å². The fourth-order valence-corrected chi connectivity index (χ4v) is 2.34. The molecule has 0 radical (unpaired) electrons. The van der Waals surface area contributed by atoms with Gasteiger partial charge in [-0.15, -0.1) is 0 Å². The highest BCUT2D eigenvalue weighted by Crippen LogP contribution is 2.30. The smallest absolute Gasteiger partial charge is 0.132 e. The topological polar surface area (TPSA) is 9.23 Å². The molecule has 18 heavy (non-hydrogen) atoms. The van der Waals surface area contributed by atoms with Crippen LogP contribution in [0.25, 0.3) is 0 Å². The number of alkyl halides is 1. The van der Waals surface area contributed by atoms with Crippen molar-refractivity contribution in [2.45, 2.75) is 12.3 Å². The van der Waals surface area contributed by atoms with E-state index >= 15 is 0 Å². The SMILES string of the molecule is Cc1cc(Oc2cc(Br)ccc2CBr)ccc1F. The molecular weight excluding hydrogens is 363 g/mol. The maximum absolute atomic E-state index is 13.2. The van der Waals surface area contributed by atoms with Gasteiger partial charge in [0.15, 0.2) is 0 Å². The monoisotopic (exact) mass is 372 g/mol. The minimum Gasteiger partial charge on any atom is -0.457 e. The van der Waals surface area contributed by atoms with Crippen LogP contribution < -0.4 is 4.74 Å². The second kappa shape index (κ2) is 5.85. The van der Waals surface area contributed by atoms with Gasteiger partial charge in [-0.1, -0.05) is 37.9 Å². The summed E-state index contributed by atoms with van der Waals surface area (Å²) < 4.78 is 19.9. The summed E-state index contributed by atoms with van der Waals surface area (Å²) in [5, 5.41) is 0.704. The number of hydrogen-bond acceptors (Lipinski definition) is 1. The highest BCUT2D eigenvalue weighted by molar-refractivity contribution is 9.10. The lowest BCUT2D eigenvalue weighted by molar-refractivity contribution is 0.475. The molecule has 2 aromatic rings. The summed E-state index contributed by atoms with van der Waals surface area (Å²) in [7, 11) is 0. The Kier molecular flexibility index (Phi) is 4.40. The lowest BCUT2D eigenvalue weighted by Crippen LogP contribution is -1.91. The van der Waals surface area contributed by atoms with E-state index in [-0.39, 0.29) is 5.82 Å². The van der Waals surface area contributed by atoms with E-state index < -0.39 is 0 Å². The number of ether oxygens (including phenoxy) is 1. The van der Waals surface area contributed by atoms with Gasteiger partial charge in [-0.05, 0) is 42.8 Å². The molecule has 0 spiro atoms. The molecule has 0 heterocycles. The summed E-state index contributed by atoms with van der Waals surface area (Å²) in [6.45, 7) is 1.72. The van der Waals surface area contributed by atoms with Gasteiger partial charge in [0, 0.05) is 15.4 Å². The summed E-state index contributed by atoms with van der Waals surface area (Å²) >= 11 is 6.83. The molecular formula is C14H11Br2FO. The standard InChI is InChI=1S/C14H11Br2FO/c1-9-6-12(4-5-13(9)17)18-14-7-11(16)3-2-10(14)8-15/h2-7H,8H2,1H3. The summed E-state index contributed by atoms with van der Waals surface area (Å²) in [5.74, 6) is 1.17. The second-order valence-electron chi connectivity index (χ2n) is 3.90. The van der Waals surface area contributed by atoms with Gasteiger partial charge in [-0.3, -0.25) is 0 Å². The molecule has 1 nitrogen and oxygen atoms in total. The van der Waals surface area contributed by atoms with Crippen LogP contribution in [0, 0.1) is 12.7 Å². The molecule has 94 valence electrons. The largest absolute Gasteiger partial charge is 0.457 e. The van der Waals surface area contributed by atoms with E-state index in [1.165, 1.54) is 6.07 Å². The lowest BCUT2D eigenvalue weighted by atomic mass is 10.2. The van der Waals surface area contributed by atoms with Crippen molar-refractivity contribution in [3.63, 3.8) is 0 Å². The second-order valence-corrected chi connectivity index (χ2v) is 5.38. The first-order valence-electron chi connectivity index (χ1n) is 5.38. The summed E-state index contributed by atoms with van der Waals surface area (Å²) in [6.07, 6.45) is 0. The highest BCUT2D eigenvalue weighted by atomic mass is 79.9. The maximum atomic E-state index is 13.2. The third-order valence-corrected chi connectivity index (χ3v) is 3.63. The van der Waals surface area contributed by atoms with Gasteiger partial charge >= 0.3 is 0 Å². The van der Waals surface area contributed by atoms with Crippen LogP contribution in [-0.2, 0) is 5.33 Å². The van der Waals surface area contributed by atoms with E-state index in [0.717, 1.165) is 15.8 Å². The Hall–Kier alpha value is -0.870. The van der Waals surface area contributed by atoms with E-state index in [1.807, 2.05) is 18.2 Å². The molecule has 0 aliphatic rings. The molecule has 4 heteroatoms. The van der Waals surface area contributed by atoms with Crippen molar-refractivity contribution in [1.82, 2.24) is 0 Å². The molecule has 0 aliphatic carbocycles. The molecule has 0 atom stereocenters. The maximum Gasteiger partial charge on any atom is 0.132 e. The fraction of sp³-hybridized carbons (Fsp3) is 0.143. The van der Waals surface area contributed by atoms with Crippen molar-refractivity contribution in [2.24, 2.45) is 0 Å². The lowest BCUT2D eigenvalue weighted by Gasteiger charge is -2.11. The Morgan fingerprint density at radius 3 is 2.61 bits per heavy atom. The number of aryl methyl sites for hydroxylation is 1. The summed E-state index contributed by atoms with van der Waals surface area (Å²) in [4.78, 5) is 0. The average molecular weight is 374 g/mol. The van der Waals surface area contributed by atoms with Gasteiger partial charge in [-0.2, -0.15) is 0 Å². The van der Waals surface area contributed by atoms with E-state index in [9.17, 15) is 4.39 Å². The Bertz CT molecular complexity index is 570. The molecule has 0 aliphatic heterocycles. The minimum atomic E-state index is -0.225. The van der Waals surface area contributed by atoms with E-state index in [0.29, 0.717) is 16.6 Å². The normalized spacial score (nSPS) is 10.4. The van der Waals surface area contributed by atoms with Crippen LogP contribution in [0.3, 0.4) is 0 Å². The van der Waals surface area contributed by atoms with Gasteiger partial charge in [-0.25, -0.2) is 4.39 Å². The third kappa shape index (κ3) is 3.12. The summed E-state index contributed by atoms with van der Waals surface area (Å²) in [5.41, 5.74) is 1.61. The number of halogens is 3. The minimum absolute atomic E-state index is 0.225. The zero-order chi connectivity index (χ0) is 13.1. The molecule has 0 fully saturated rings. The molecule has 2 rings (SSSR count). The van der Waals surface area contributed by atoms with Crippen molar-refractivity contribution in [3.8, 4) is 11.5 Å². The van der Waals surface area contributed by atoms with Crippen LogP contribution in [0.5, 0.6) is 11.5 Å². The molecule has 2 aromatic carbocycles. The predicted octanol–water partition coefficient (Wildman–Crippen LogP) is 5.58. The number of hydrogen-bond donors (Lipinski definition) is 0. The van der Waals surface area contributed by atoms with E-state index in [1.54, 1.807) is 19.1 Å².